The van der Waals surface area contributed by atoms with E-state index in [1.807, 2.05) is 42.3 Å². The van der Waals surface area contributed by atoms with E-state index in [1.54, 1.807) is 23.0 Å². The summed E-state index contributed by atoms with van der Waals surface area (Å²) in [5.41, 5.74) is 0.819. The van der Waals surface area contributed by atoms with Crippen molar-refractivity contribution in [2.45, 2.75) is 6.67 Å². The molecule has 1 heterocycles. The number of hydrogen-bond donors (Lipinski definition) is 0. The van der Waals surface area contributed by atoms with E-state index in [1.165, 1.54) is 6.07 Å². The molecule has 0 aliphatic carbocycles. The number of aromatic nitrogens is 2. The number of benzene rings is 2. The quantitative estimate of drug-likeness (QED) is 0.493. The molecule has 0 saturated heterocycles. The minimum Gasteiger partial charge on any atom is -0.492 e. The lowest BCUT2D eigenvalue weighted by atomic mass is 10.2. The molecule has 0 radical (unpaired) electrons. The van der Waals surface area contributed by atoms with Gasteiger partial charge in [0.25, 0.3) is 5.69 Å². The van der Waals surface area contributed by atoms with Crippen molar-refractivity contribution in [3.63, 3.8) is 0 Å². The van der Waals surface area contributed by atoms with E-state index in [2.05, 4.69) is 5.10 Å². The van der Waals surface area contributed by atoms with Gasteiger partial charge in [-0.1, -0.05) is 18.2 Å². The maximum Gasteiger partial charge on any atom is 0.271 e. The van der Waals surface area contributed by atoms with E-state index in [0.29, 0.717) is 19.8 Å². The maximum atomic E-state index is 10.9. The van der Waals surface area contributed by atoms with Crippen molar-refractivity contribution in [1.29, 1.82) is 0 Å². The van der Waals surface area contributed by atoms with Gasteiger partial charge in [0.05, 0.1) is 23.3 Å². The van der Waals surface area contributed by atoms with Crippen LogP contribution >= 0.6 is 0 Å². The van der Waals surface area contributed by atoms with Crippen LogP contribution in [0, 0.1) is 10.1 Å². The highest BCUT2D eigenvalue weighted by molar-refractivity contribution is 5.80. The third kappa shape index (κ3) is 3.69. The minimum atomic E-state index is -0.395. The number of nitrogens with zero attached hydrogens (tertiary/aromatic N) is 4. The summed E-state index contributed by atoms with van der Waals surface area (Å²) in [6.07, 6.45) is 1.72. The predicted octanol–water partition coefficient (Wildman–Crippen LogP) is 2.91. The smallest absolute Gasteiger partial charge is 0.271 e. The number of non-ortho nitro benzene ring substituents is 1. The fourth-order valence-electron chi connectivity index (χ4n) is 2.42. The molecule has 0 saturated carbocycles. The van der Waals surface area contributed by atoms with E-state index in [0.717, 1.165) is 16.7 Å². The van der Waals surface area contributed by atoms with Gasteiger partial charge in [0, 0.05) is 24.1 Å². The highest BCUT2D eigenvalue weighted by atomic mass is 16.6. The molecule has 0 atom stereocenters. The molecule has 0 aliphatic heterocycles. The van der Waals surface area contributed by atoms with Crippen LogP contribution < -0.4 is 4.74 Å². The second-order valence-electron chi connectivity index (χ2n) is 5.53. The molecule has 0 bridgehead atoms. The summed E-state index contributed by atoms with van der Waals surface area (Å²) in [5, 5.41) is 16.1. The lowest BCUT2D eigenvalue weighted by Crippen LogP contribution is -2.27. The fourth-order valence-corrected chi connectivity index (χ4v) is 2.42. The Labute approximate surface area is 139 Å². The van der Waals surface area contributed by atoms with E-state index < -0.39 is 4.92 Å². The molecule has 3 aromatic rings. The summed E-state index contributed by atoms with van der Waals surface area (Å²) in [4.78, 5) is 12.6. The molecule has 0 spiro atoms. The Kier molecular flexibility index (Phi) is 4.72. The number of ether oxygens (including phenoxy) is 1. The number of nitro benzene ring substituents is 1. The molecule has 3 rings (SSSR count). The zero-order chi connectivity index (χ0) is 16.9. The van der Waals surface area contributed by atoms with Crippen LogP contribution in [-0.2, 0) is 6.67 Å². The Bertz CT molecular complexity index is 832. The Morgan fingerprint density at radius 2 is 2.04 bits per heavy atom. The number of fused-ring (bicyclic) bond motifs is 1. The predicted molar refractivity (Wildman–Crippen MR) is 91.0 cm³/mol. The van der Waals surface area contributed by atoms with E-state index in [4.69, 9.17) is 4.74 Å². The van der Waals surface area contributed by atoms with Gasteiger partial charge in [-0.25, -0.2) is 0 Å². The van der Waals surface area contributed by atoms with Gasteiger partial charge in [-0.2, -0.15) is 5.10 Å². The molecule has 2 aromatic carbocycles. The zero-order valence-corrected chi connectivity index (χ0v) is 13.3. The van der Waals surface area contributed by atoms with Gasteiger partial charge >= 0.3 is 0 Å². The van der Waals surface area contributed by atoms with Crippen molar-refractivity contribution in [3.8, 4) is 5.75 Å². The van der Waals surface area contributed by atoms with Crippen LogP contribution in [0.25, 0.3) is 10.9 Å². The third-order valence-electron chi connectivity index (χ3n) is 3.70. The Morgan fingerprint density at radius 3 is 2.79 bits per heavy atom. The number of rotatable bonds is 7. The maximum absolute atomic E-state index is 10.9. The second kappa shape index (κ2) is 7.10. The van der Waals surface area contributed by atoms with Gasteiger partial charge in [-0.3, -0.25) is 19.7 Å². The molecule has 124 valence electrons. The summed E-state index contributed by atoms with van der Waals surface area (Å²) in [7, 11) is 1.96. The van der Waals surface area contributed by atoms with E-state index >= 15 is 0 Å². The van der Waals surface area contributed by atoms with Crippen LogP contribution in [0.1, 0.15) is 0 Å². The van der Waals surface area contributed by atoms with Crippen LogP contribution in [0.15, 0.2) is 54.7 Å². The van der Waals surface area contributed by atoms with Crippen molar-refractivity contribution < 1.29 is 9.66 Å². The van der Waals surface area contributed by atoms with Gasteiger partial charge < -0.3 is 4.74 Å². The summed E-state index contributed by atoms with van der Waals surface area (Å²) in [6, 6.07) is 14.4. The van der Waals surface area contributed by atoms with Crippen LogP contribution in [-0.4, -0.2) is 39.8 Å². The molecule has 1 aromatic heterocycles. The molecule has 0 N–H and O–H groups in total. The van der Waals surface area contributed by atoms with Crippen LogP contribution in [0.2, 0.25) is 0 Å². The van der Waals surface area contributed by atoms with Crippen molar-refractivity contribution in [2.75, 3.05) is 20.2 Å². The molecule has 24 heavy (non-hydrogen) atoms. The first-order chi connectivity index (χ1) is 11.6. The van der Waals surface area contributed by atoms with Crippen LogP contribution in [0.5, 0.6) is 5.75 Å². The monoisotopic (exact) mass is 326 g/mol. The van der Waals surface area contributed by atoms with Crippen molar-refractivity contribution in [3.05, 3.63) is 64.8 Å². The van der Waals surface area contributed by atoms with Crippen LogP contribution in [0.4, 0.5) is 5.69 Å². The van der Waals surface area contributed by atoms with Crippen molar-refractivity contribution in [1.82, 2.24) is 14.7 Å². The van der Waals surface area contributed by atoms with Crippen molar-refractivity contribution in [2.24, 2.45) is 0 Å². The average Bonchev–Trinajstić information content (AvgIpc) is 2.98. The molecular weight excluding hydrogens is 308 g/mol. The minimum absolute atomic E-state index is 0.0688. The largest absolute Gasteiger partial charge is 0.492 e. The topological polar surface area (TPSA) is 73.4 Å². The average molecular weight is 326 g/mol. The Morgan fingerprint density at radius 1 is 1.25 bits per heavy atom. The standard InChI is InChI=1S/C17H18N4O3/c1-19(9-10-24-16-5-3-2-4-6-16)13-20-17-11-15(21(22)23)8-7-14(17)12-18-20/h2-8,11-12H,9-10,13H2,1H3. The molecule has 0 amide bonds. The first kappa shape index (κ1) is 15.9. The van der Waals surface area contributed by atoms with E-state index in [-0.39, 0.29) is 5.69 Å². The summed E-state index contributed by atoms with van der Waals surface area (Å²) in [6.45, 7) is 1.80. The third-order valence-corrected chi connectivity index (χ3v) is 3.70. The summed E-state index contributed by atoms with van der Waals surface area (Å²) in [5.74, 6) is 0.839. The van der Waals surface area contributed by atoms with Gasteiger partial charge in [0.1, 0.15) is 12.4 Å². The van der Waals surface area contributed by atoms with Crippen molar-refractivity contribution >= 4 is 16.6 Å². The SMILES string of the molecule is CN(CCOc1ccccc1)Cn1ncc2ccc([N+](=O)[O-])cc21. The molecule has 0 aliphatic rings. The van der Waals surface area contributed by atoms with Gasteiger partial charge in [0.2, 0.25) is 0 Å². The highest BCUT2D eigenvalue weighted by Gasteiger charge is 2.11. The fraction of sp³-hybridized carbons (Fsp3) is 0.235. The van der Waals surface area contributed by atoms with Crippen LogP contribution in [0.3, 0.4) is 0 Å². The zero-order valence-electron chi connectivity index (χ0n) is 13.3. The normalized spacial score (nSPS) is 11.1. The number of nitro groups is 1. The number of para-hydroxylation sites is 1. The molecule has 7 heteroatoms. The lowest BCUT2D eigenvalue weighted by Gasteiger charge is -2.17. The number of likely N-dealkylation sites (N-methyl/N-ethyl adjacent to an activating group) is 1. The number of hydrogen-bond acceptors (Lipinski definition) is 5. The molecule has 7 nitrogen and oxygen atoms in total. The van der Waals surface area contributed by atoms with Gasteiger partial charge in [-0.15, -0.1) is 0 Å². The Hall–Kier alpha value is -2.93. The molecule has 0 fully saturated rings. The van der Waals surface area contributed by atoms with Gasteiger partial charge in [0.15, 0.2) is 0 Å². The molecule has 0 unspecified atom stereocenters. The highest BCUT2D eigenvalue weighted by Crippen LogP contribution is 2.20. The summed E-state index contributed by atoms with van der Waals surface area (Å²) < 4.78 is 7.43. The summed E-state index contributed by atoms with van der Waals surface area (Å²) >= 11 is 0. The van der Waals surface area contributed by atoms with E-state index in [9.17, 15) is 10.1 Å². The molecular formula is C17H18N4O3. The van der Waals surface area contributed by atoms with Gasteiger partial charge in [-0.05, 0) is 25.2 Å². The lowest BCUT2D eigenvalue weighted by molar-refractivity contribution is -0.384. The second-order valence-corrected chi connectivity index (χ2v) is 5.53. The first-order valence-electron chi connectivity index (χ1n) is 7.60. The Balaban J connectivity index is 1.61. The first-order valence-corrected chi connectivity index (χ1v) is 7.60.